The molecule has 2 atom stereocenters. The van der Waals surface area contributed by atoms with Crippen molar-refractivity contribution in [3.8, 4) is 0 Å². The first-order chi connectivity index (χ1) is 7.58. The summed E-state index contributed by atoms with van der Waals surface area (Å²) < 4.78 is 5.01. The molecule has 1 saturated carbocycles. The largest absolute Gasteiger partial charge is 0.451 e. The molecule has 6 heteroatoms. The number of hydrogen-bond donors (Lipinski definition) is 3. The van der Waals surface area contributed by atoms with Gasteiger partial charge in [-0.15, -0.1) is 0 Å². The molecule has 1 fully saturated rings. The molecule has 0 spiro atoms. The van der Waals surface area contributed by atoms with Gasteiger partial charge in [0.15, 0.2) is 5.72 Å². The lowest BCUT2D eigenvalue weighted by atomic mass is 9.75. The molecule has 4 N–H and O–H groups in total. The standard InChI is InChI=1S/C10H20BNO4/c12-10(16-8-13)6-2-1-4-9(10)5-3-7-11(14)15/h8-9,14-15H,1-7,12H2. The first kappa shape index (κ1) is 13.5. The van der Waals surface area contributed by atoms with Crippen LogP contribution >= 0.6 is 0 Å². The summed E-state index contributed by atoms with van der Waals surface area (Å²) in [7, 11) is -1.26. The molecular formula is C10H20BNO4. The Balaban J connectivity index is 2.43. The third-order valence-corrected chi connectivity index (χ3v) is 3.34. The van der Waals surface area contributed by atoms with Gasteiger partial charge in [0.25, 0.3) is 6.47 Å². The van der Waals surface area contributed by atoms with Crippen LogP contribution in [0.15, 0.2) is 0 Å². The van der Waals surface area contributed by atoms with E-state index < -0.39 is 12.8 Å². The fourth-order valence-corrected chi connectivity index (χ4v) is 2.42. The van der Waals surface area contributed by atoms with E-state index in [0.29, 0.717) is 25.6 Å². The minimum Gasteiger partial charge on any atom is -0.446 e. The topological polar surface area (TPSA) is 92.8 Å². The molecule has 1 aliphatic rings. The summed E-state index contributed by atoms with van der Waals surface area (Å²) in [4.78, 5) is 10.4. The normalized spacial score (nSPS) is 29.8. The van der Waals surface area contributed by atoms with E-state index in [2.05, 4.69) is 0 Å². The maximum absolute atomic E-state index is 10.4. The van der Waals surface area contributed by atoms with Gasteiger partial charge in [0, 0.05) is 12.3 Å². The maximum atomic E-state index is 10.4. The molecule has 5 nitrogen and oxygen atoms in total. The zero-order valence-corrected chi connectivity index (χ0v) is 9.47. The van der Waals surface area contributed by atoms with Crippen LogP contribution in [-0.2, 0) is 9.53 Å². The zero-order valence-electron chi connectivity index (χ0n) is 9.47. The van der Waals surface area contributed by atoms with Crippen molar-refractivity contribution in [3.05, 3.63) is 0 Å². The highest BCUT2D eigenvalue weighted by atomic mass is 16.5. The van der Waals surface area contributed by atoms with Gasteiger partial charge in [-0.1, -0.05) is 12.8 Å². The lowest BCUT2D eigenvalue weighted by Crippen LogP contribution is -2.51. The van der Waals surface area contributed by atoms with Crippen molar-refractivity contribution in [1.82, 2.24) is 0 Å². The van der Waals surface area contributed by atoms with Crippen molar-refractivity contribution < 1.29 is 19.6 Å². The van der Waals surface area contributed by atoms with Crippen molar-refractivity contribution in [3.63, 3.8) is 0 Å². The van der Waals surface area contributed by atoms with E-state index in [1.807, 2.05) is 0 Å². The molecule has 1 rings (SSSR count). The van der Waals surface area contributed by atoms with Gasteiger partial charge in [-0.2, -0.15) is 0 Å². The van der Waals surface area contributed by atoms with Crippen LogP contribution in [0.4, 0.5) is 0 Å². The Hall–Kier alpha value is -0.585. The molecule has 0 amide bonds. The molecule has 92 valence electrons. The van der Waals surface area contributed by atoms with Crippen LogP contribution in [0.3, 0.4) is 0 Å². The summed E-state index contributed by atoms with van der Waals surface area (Å²) >= 11 is 0. The predicted octanol–water partition coefficient (Wildman–Crippen LogP) is 0.258. The first-order valence-corrected chi connectivity index (χ1v) is 5.85. The van der Waals surface area contributed by atoms with Gasteiger partial charge < -0.3 is 14.8 Å². The lowest BCUT2D eigenvalue weighted by Gasteiger charge is -2.39. The Morgan fingerprint density at radius 2 is 2.25 bits per heavy atom. The Kier molecular flexibility index (Phi) is 5.24. The molecule has 0 bridgehead atoms. The highest BCUT2D eigenvalue weighted by molar-refractivity contribution is 6.40. The minimum absolute atomic E-state index is 0.130. The van der Waals surface area contributed by atoms with Gasteiger partial charge in [0.1, 0.15) is 0 Å². The summed E-state index contributed by atoms with van der Waals surface area (Å²) in [6, 6.07) is 0. The van der Waals surface area contributed by atoms with E-state index in [1.54, 1.807) is 0 Å². The number of nitrogens with two attached hydrogens (primary N) is 1. The van der Waals surface area contributed by atoms with Gasteiger partial charge in [-0.3, -0.25) is 10.5 Å². The van der Waals surface area contributed by atoms with E-state index in [9.17, 15) is 4.79 Å². The van der Waals surface area contributed by atoms with Crippen LogP contribution in [0.25, 0.3) is 0 Å². The van der Waals surface area contributed by atoms with Crippen LogP contribution in [0.2, 0.25) is 6.32 Å². The highest BCUT2D eigenvalue weighted by Gasteiger charge is 2.38. The van der Waals surface area contributed by atoms with E-state index >= 15 is 0 Å². The van der Waals surface area contributed by atoms with Crippen LogP contribution in [0.5, 0.6) is 0 Å². The third-order valence-electron chi connectivity index (χ3n) is 3.34. The molecule has 0 radical (unpaired) electrons. The van der Waals surface area contributed by atoms with Crippen molar-refractivity contribution in [1.29, 1.82) is 0 Å². The van der Waals surface area contributed by atoms with Gasteiger partial charge >= 0.3 is 7.12 Å². The van der Waals surface area contributed by atoms with E-state index in [4.69, 9.17) is 20.5 Å². The predicted molar refractivity (Wildman–Crippen MR) is 60.3 cm³/mol. The summed E-state index contributed by atoms with van der Waals surface area (Å²) in [5.74, 6) is 0.130. The average molecular weight is 229 g/mol. The highest BCUT2D eigenvalue weighted by Crippen LogP contribution is 2.35. The number of carbonyl (C=O) groups excluding carboxylic acids is 1. The summed E-state index contributed by atoms with van der Waals surface area (Å²) in [5.41, 5.74) is 5.21. The Bertz CT molecular complexity index is 227. The van der Waals surface area contributed by atoms with Crippen LogP contribution in [0, 0.1) is 5.92 Å². The van der Waals surface area contributed by atoms with E-state index in [0.717, 1.165) is 25.7 Å². The number of rotatable bonds is 6. The molecule has 16 heavy (non-hydrogen) atoms. The van der Waals surface area contributed by atoms with Gasteiger partial charge in [0.2, 0.25) is 0 Å². The maximum Gasteiger partial charge on any atom is 0.451 e. The smallest absolute Gasteiger partial charge is 0.446 e. The van der Waals surface area contributed by atoms with Crippen molar-refractivity contribution in [2.75, 3.05) is 0 Å². The van der Waals surface area contributed by atoms with Crippen LogP contribution in [0.1, 0.15) is 38.5 Å². The molecule has 2 unspecified atom stereocenters. The van der Waals surface area contributed by atoms with E-state index in [1.165, 1.54) is 0 Å². The van der Waals surface area contributed by atoms with Gasteiger partial charge in [0.05, 0.1) is 0 Å². The minimum atomic E-state index is -1.26. The monoisotopic (exact) mass is 229 g/mol. The number of carbonyl (C=O) groups is 1. The quantitative estimate of drug-likeness (QED) is 0.345. The van der Waals surface area contributed by atoms with Gasteiger partial charge in [-0.05, 0) is 25.6 Å². The Morgan fingerprint density at radius 1 is 1.50 bits per heavy atom. The number of ether oxygens (including phenoxy) is 1. The Labute approximate surface area is 96.1 Å². The molecule has 1 aliphatic carbocycles. The van der Waals surface area contributed by atoms with Crippen LogP contribution in [-0.4, -0.2) is 29.4 Å². The first-order valence-electron chi connectivity index (χ1n) is 5.85. The molecule has 0 aromatic heterocycles. The number of hydrogen-bond acceptors (Lipinski definition) is 5. The second kappa shape index (κ2) is 6.22. The summed E-state index contributed by atoms with van der Waals surface area (Å²) in [6.07, 6.45) is 5.49. The average Bonchev–Trinajstić information content (AvgIpc) is 2.21. The van der Waals surface area contributed by atoms with Crippen molar-refractivity contribution in [2.45, 2.75) is 50.6 Å². The summed E-state index contributed by atoms with van der Waals surface area (Å²) in [5, 5.41) is 17.5. The van der Waals surface area contributed by atoms with E-state index in [-0.39, 0.29) is 5.92 Å². The van der Waals surface area contributed by atoms with Crippen LogP contribution < -0.4 is 5.73 Å². The van der Waals surface area contributed by atoms with Gasteiger partial charge in [-0.25, -0.2) is 0 Å². The summed E-state index contributed by atoms with van der Waals surface area (Å²) in [6.45, 7) is 0.416. The lowest BCUT2D eigenvalue weighted by molar-refractivity contribution is -0.154. The molecule has 0 aliphatic heterocycles. The fourth-order valence-electron chi connectivity index (χ4n) is 2.42. The van der Waals surface area contributed by atoms with Crippen molar-refractivity contribution >= 4 is 13.6 Å². The SMILES string of the molecule is NC1(OC=O)CCCCC1CCCB(O)O. The third kappa shape index (κ3) is 3.77. The molecular weight excluding hydrogens is 209 g/mol. The fraction of sp³-hybridized carbons (Fsp3) is 0.900. The Morgan fingerprint density at radius 3 is 2.88 bits per heavy atom. The van der Waals surface area contributed by atoms with Crippen molar-refractivity contribution in [2.24, 2.45) is 11.7 Å². The molecule has 0 aromatic rings. The molecule has 0 saturated heterocycles. The zero-order chi connectivity index (χ0) is 12.0. The second-order valence-electron chi connectivity index (χ2n) is 4.52. The molecule has 0 aromatic carbocycles. The second-order valence-corrected chi connectivity index (χ2v) is 4.52. The molecule has 0 heterocycles.